The molecule has 0 atom stereocenters. The maximum Gasteiger partial charge on any atom is 0.273 e. The van der Waals surface area contributed by atoms with Crippen LogP contribution in [0.3, 0.4) is 0 Å². The van der Waals surface area contributed by atoms with Gasteiger partial charge in [-0.3, -0.25) is 19.5 Å². The zero-order valence-corrected chi connectivity index (χ0v) is 22.8. The third-order valence-electron chi connectivity index (χ3n) is 8.25. The maximum atomic E-state index is 12.5. The van der Waals surface area contributed by atoms with E-state index in [1.807, 2.05) is 31.3 Å². The molecule has 7 nitrogen and oxygen atoms in total. The van der Waals surface area contributed by atoms with Gasteiger partial charge >= 0.3 is 0 Å². The summed E-state index contributed by atoms with van der Waals surface area (Å²) in [5.74, 6) is 1.11. The minimum absolute atomic E-state index is 0.121. The molecular formula is C33H32N6O. The summed E-state index contributed by atoms with van der Waals surface area (Å²) >= 11 is 0. The Morgan fingerprint density at radius 3 is 2.38 bits per heavy atom. The Balaban J connectivity index is 1.11. The highest BCUT2D eigenvalue weighted by Gasteiger charge is 2.23. The predicted molar refractivity (Wildman–Crippen MR) is 160 cm³/mol. The summed E-state index contributed by atoms with van der Waals surface area (Å²) in [6.07, 6.45) is 2.25. The number of nitrogens with one attached hydrogen (secondary N) is 1. The van der Waals surface area contributed by atoms with E-state index in [0.29, 0.717) is 17.1 Å². The molecule has 0 saturated carbocycles. The molecule has 1 saturated heterocycles. The standard InChI is InChI=1S/C33H32N6O/c1-22-34-29-10-6-7-11-30(29)39(22)26-16-18-38(19-17-26)21-23-12-14-25(15-13-23)31-27(24-8-4-3-5-9-24)20-28-32(35-31)37(2)36-33(28)40/h3-15,20,26H,16-19,21H2,1-2H3,(H,36,40). The zero-order chi connectivity index (χ0) is 27.2. The first kappa shape index (κ1) is 24.5. The van der Waals surface area contributed by atoms with Gasteiger partial charge in [-0.2, -0.15) is 0 Å². The molecule has 1 N–H and O–H groups in total. The third-order valence-corrected chi connectivity index (χ3v) is 8.25. The molecule has 4 heterocycles. The molecule has 0 unspecified atom stereocenters. The van der Waals surface area contributed by atoms with Crippen LogP contribution in [0, 0.1) is 6.92 Å². The summed E-state index contributed by atoms with van der Waals surface area (Å²) in [6, 6.07) is 29.8. The van der Waals surface area contributed by atoms with Gasteiger partial charge < -0.3 is 4.57 Å². The van der Waals surface area contributed by atoms with Crippen molar-refractivity contribution in [3.05, 3.63) is 107 Å². The predicted octanol–water partition coefficient (Wildman–Crippen LogP) is 6.09. The first-order valence-electron chi connectivity index (χ1n) is 14.0. The van der Waals surface area contributed by atoms with Crippen LogP contribution in [0.2, 0.25) is 0 Å². The number of aromatic amines is 1. The van der Waals surface area contributed by atoms with Crippen molar-refractivity contribution in [1.82, 2.24) is 29.2 Å². The molecule has 0 spiro atoms. The first-order valence-corrected chi connectivity index (χ1v) is 14.0. The SMILES string of the molecule is Cc1nc2ccccc2n1C1CCN(Cc2ccc(-c3nc4c(cc3-c3ccccc3)c(=O)[nH]n4C)cc2)CC1. The summed E-state index contributed by atoms with van der Waals surface area (Å²) in [5, 5.41) is 3.44. The number of likely N-dealkylation sites (tertiary alicyclic amines) is 1. The molecule has 200 valence electrons. The number of para-hydroxylation sites is 2. The molecule has 0 amide bonds. The quantitative estimate of drug-likeness (QED) is 0.294. The van der Waals surface area contributed by atoms with Gasteiger partial charge in [-0.15, -0.1) is 0 Å². The van der Waals surface area contributed by atoms with Gasteiger partial charge in [0.15, 0.2) is 5.65 Å². The van der Waals surface area contributed by atoms with Gasteiger partial charge in [-0.05, 0) is 49.1 Å². The third kappa shape index (κ3) is 4.32. The van der Waals surface area contributed by atoms with Crippen LogP contribution in [0.1, 0.15) is 30.3 Å². The van der Waals surface area contributed by atoms with Gasteiger partial charge in [0, 0.05) is 43.9 Å². The number of benzene rings is 3. The average Bonchev–Trinajstić information content (AvgIpc) is 3.47. The average molecular weight is 529 g/mol. The van der Waals surface area contributed by atoms with Crippen LogP contribution in [0.4, 0.5) is 0 Å². The Morgan fingerprint density at radius 1 is 0.875 bits per heavy atom. The van der Waals surface area contributed by atoms with Crippen LogP contribution in [0.5, 0.6) is 0 Å². The molecule has 1 fully saturated rings. The number of fused-ring (bicyclic) bond motifs is 2. The van der Waals surface area contributed by atoms with Gasteiger partial charge in [0.2, 0.25) is 0 Å². The van der Waals surface area contributed by atoms with Crippen molar-refractivity contribution >= 4 is 22.1 Å². The molecule has 0 aliphatic carbocycles. The van der Waals surface area contributed by atoms with Gasteiger partial charge in [-0.1, -0.05) is 66.7 Å². The van der Waals surface area contributed by atoms with E-state index >= 15 is 0 Å². The van der Waals surface area contributed by atoms with Crippen molar-refractivity contribution in [3.8, 4) is 22.4 Å². The van der Waals surface area contributed by atoms with Crippen molar-refractivity contribution < 1.29 is 0 Å². The number of imidazole rings is 1. The number of nitrogens with zero attached hydrogens (tertiary/aromatic N) is 5. The molecule has 6 aromatic rings. The molecule has 0 radical (unpaired) electrons. The smallest absolute Gasteiger partial charge is 0.273 e. The zero-order valence-electron chi connectivity index (χ0n) is 22.8. The number of hydrogen-bond acceptors (Lipinski definition) is 4. The monoisotopic (exact) mass is 528 g/mol. The van der Waals surface area contributed by atoms with Crippen LogP contribution < -0.4 is 5.56 Å². The number of hydrogen-bond donors (Lipinski definition) is 1. The molecule has 7 rings (SSSR count). The fraction of sp³-hybridized carbons (Fsp3) is 0.242. The highest BCUT2D eigenvalue weighted by molar-refractivity contribution is 5.90. The van der Waals surface area contributed by atoms with E-state index in [1.54, 1.807) is 4.68 Å². The van der Waals surface area contributed by atoms with E-state index in [4.69, 9.17) is 9.97 Å². The Hall–Kier alpha value is -4.49. The molecule has 3 aromatic carbocycles. The molecule has 0 bridgehead atoms. The Morgan fingerprint density at radius 2 is 1.60 bits per heavy atom. The number of aryl methyl sites for hydroxylation is 2. The number of pyridine rings is 1. The highest BCUT2D eigenvalue weighted by atomic mass is 16.1. The van der Waals surface area contributed by atoms with Crippen LogP contribution in [-0.2, 0) is 13.6 Å². The topological polar surface area (TPSA) is 71.7 Å². The van der Waals surface area contributed by atoms with Crippen LogP contribution in [0.25, 0.3) is 44.5 Å². The maximum absolute atomic E-state index is 12.5. The van der Waals surface area contributed by atoms with Crippen LogP contribution in [0.15, 0.2) is 89.7 Å². The lowest BCUT2D eigenvalue weighted by atomic mass is 9.97. The van der Waals surface area contributed by atoms with E-state index in [-0.39, 0.29) is 5.56 Å². The molecule has 3 aromatic heterocycles. The van der Waals surface area contributed by atoms with Crippen molar-refractivity contribution in [2.75, 3.05) is 13.1 Å². The second kappa shape index (κ2) is 9.92. The lowest BCUT2D eigenvalue weighted by molar-refractivity contribution is 0.180. The first-order chi connectivity index (χ1) is 19.5. The van der Waals surface area contributed by atoms with Gasteiger partial charge in [-0.25, -0.2) is 9.97 Å². The summed E-state index contributed by atoms with van der Waals surface area (Å²) < 4.78 is 4.14. The summed E-state index contributed by atoms with van der Waals surface area (Å²) in [6.45, 7) is 5.19. The van der Waals surface area contributed by atoms with Crippen LogP contribution >= 0.6 is 0 Å². The highest BCUT2D eigenvalue weighted by Crippen LogP contribution is 2.33. The number of rotatable bonds is 5. The van der Waals surface area contributed by atoms with Gasteiger partial charge in [0.05, 0.1) is 22.1 Å². The molecule has 1 aliphatic heterocycles. The van der Waals surface area contributed by atoms with Crippen LogP contribution in [-0.4, -0.2) is 42.3 Å². The van der Waals surface area contributed by atoms with Crippen molar-refractivity contribution in [2.45, 2.75) is 32.4 Å². The summed E-state index contributed by atoms with van der Waals surface area (Å²) in [4.78, 5) is 24.8. The normalized spacial score (nSPS) is 14.8. The van der Waals surface area contributed by atoms with E-state index in [2.05, 4.69) is 82.2 Å². The fourth-order valence-corrected chi connectivity index (χ4v) is 6.24. The summed E-state index contributed by atoms with van der Waals surface area (Å²) in [7, 11) is 1.82. The largest absolute Gasteiger partial charge is 0.325 e. The van der Waals surface area contributed by atoms with Crippen molar-refractivity contribution in [2.24, 2.45) is 7.05 Å². The Labute approximate surface area is 232 Å². The Bertz CT molecular complexity index is 1870. The Kier molecular flexibility index (Phi) is 6.09. The number of H-pyrrole nitrogens is 1. The molecular weight excluding hydrogens is 496 g/mol. The van der Waals surface area contributed by atoms with E-state index in [0.717, 1.165) is 66.2 Å². The van der Waals surface area contributed by atoms with E-state index < -0.39 is 0 Å². The number of aromatic nitrogens is 5. The van der Waals surface area contributed by atoms with Crippen molar-refractivity contribution in [3.63, 3.8) is 0 Å². The van der Waals surface area contributed by atoms with E-state index in [1.165, 1.54) is 11.1 Å². The second-order valence-electron chi connectivity index (χ2n) is 10.8. The van der Waals surface area contributed by atoms with E-state index in [9.17, 15) is 4.79 Å². The van der Waals surface area contributed by atoms with Gasteiger partial charge in [0.1, 0.15) is 5.82 Å². The second-order valence-corrected chi connectivity index (χ2v) is 10.8. The minimum Gasteiger partial charge on any atom is -0.325 e. The lowest BCUT2D eigenvalue weighted by Crippen LogP contribution is -2.34. The number of piperidine rings is 1. The molecule has 7 heteroatoms. The van der Waals surface area contributed by atoms with Crippen molar-refractivity contribution in [1.29, 1.82) is 0 Å². The molecule has 1 aliphatic rings. The van der Waals surface area contributed by atoms with Gasteiger partial charge in [0.25, 0.3) is 5.56 Å². The summed E-state index contributed by atoms with van der Waals surface area (Å²) in [5.41, 5.74) is 8.09. The lowest BCUT2D eigenvalue weighted by Gasteiger charge is -2.33. The fourth-order valence-electron chi connectivity index (χ4n) is 6.24. The minimum atomic E-state index is -0.121. The molecule has 40 heavy (non-hydrogen) atoms.